The zero-order valence-corrected chi connectivity index (χ0v) is 11.3. The third-order valence-electron chi connectivity index (χ3n) is 2.62. The van der Waals surface area contributed by atoms with Crippen molar-refractivity contribution in [3.8, 4) is 0 Å². The fourth-order valence-corrected chi connectivity index (χ4v) is 1.55. The van der Waals surface area contributed by atoms with E-state index in [0.29, 0.717) is 13.2 Å². The third kappa shape index (κ3) is 5.04. The summed E-state index contributed by atoms with van der Waals surface area (Å²) in [7, 11) is 0. The monoisotopic (exact) mass is 247 g/mol. The molecule has 0 unspecified atom stereocenters. The van der Waals surface area contributed by atoms with Crippen LogP contribution in [-0.4, -0.2) is 12.6 Å². The maximum absolute atomic E-state index is 11.2. The molecule has 3 heteroatoms. The molecule has 0 bridgehead atoms. The standard InChI is InChI=1S/C15H21NO2/c1-4-13-6-8-14(9-7-13)11-16-12(3)10-15(17)18-5-2/h6-10,16H,4-5,11H2,1-3H3. The summed E-state index contributed by atoms with van der Waals surface area (Å²) in [5.41, 5.74) is 3.34. The van der Waals surface area contributed by atoms with Crippen molar-refractivity contribution in [2.45, 2.75) is 33.7 Å². The van der Waals surface area contributed by atoms with Crippen molar-refractivity contribution < 1.29 is 9.53 Å². The number of rotatable bonds is 6. The second-order valence-electron chi connectivity index (χ2n) is 4.10. The Labute approximate surface area is 109 Å². The summed E-state index contributed by atoms with van der Waals surface area (Å²) in [5, 5.41) is 3.19. The first-order chi connectivity index (χ1) is 8.65. The molecule has 18 heavy (non-hydrogen) atoms. The highest BCUT2D eigenvalue weighted by atomic mass is 16.5. The average molecular weight is 247 g/mol. The molecule has 3 nitrogen and oxygen atoms in total. The maximum Gasteiger partial charge on any atom is 0.332 e. The molecule has 0 atom stereocenters. The van der Waals surface area contributed by atoms with Gasteiger partial charge in [0.25, 0.3) is 0 Å². The number of ether oxygens (including phenoxy) is 1. The van der Waals surface area contributed by atoms with E-state index in [2.05, 4.69) is 36.5 Å². The Morgan fingerprint density at radius 3 is 2.39 bits per heavy atom. The molecule has 0 saturated carbocycles. The van der Waals surface area contributed by atoms with Crippen molar-refractivity contribution in [3.05, 3.63) is 47.2 Å². The highest BCUT2D eigenvalue weighted by Gasteiger charge is 1.98. The van der Waals surface area contributed by atoms with Crippen LogP contribution in [0.3, 0.4) is 0 Å². The van der Waals surface area contributed by atoms with Crippen LogP contribution in [-0.2, 0) is 22.5 Å². The molecule has 0 radical (unpaired) electrons. The lowest BCUT2D eigenvalue weighted by atomic mass is 10.1. The molecule has 0 aliphatic rings. The Hall–Kier alpha value is -1.77. The number of aryl methyl sites for hydroxylation is 1. The van der Waals surface area contributed by atoms with Crippen LogP contribution in [0.25, 0.3) is 0 Å². The number of carbonyl (C=O) groups excluding carboxylic acids is 1. The van der Waals surface area contributed by atoms with Gasteiger partial charge in [-0.1, -0.05) is 31.2 Å². The molecule has 0 amide bonds. The van der Waals surface area contributed by atoms with E-state index in [-0.39, 0.29) is 5.97 Å². The number of hydrogen-bond acceptors (Lipinski definition) is 3. The number of hydrogen-bond donors (Lipinski definition) is 1. The van der Waals surface area contributed by atoms with Gasteiger partial charge in [0.15, 0.2) is 0 Å². The molecular formula is C15H21NO2. The Balaban J connectivity index is 2.46. The molecule has 0 aliphatic heterocycles. The van der Waals surface area contributed by atoms with Crippen LogP contribution in [0.1, 0.15) is 31.9 Å². The zero-order chi connectivity index (χ0) is 13.4. The van der Waals surface area contributed by atoms with Crippen molar-refractivity contribution in [2.24, 2.45) is 0 Å². The Bertz CT molecular complexity index is 407. The van der Waals surface area contributed by atoms with Crippen LogP contribution in [0.5, 0.6) is 0 Å². The van der Waals surface area contributed by atoms with Crippen LogP contribution in [0.2, 0.25) is 0 Å². The first kappa shape index (κ1) is 14.3. The molecule has 0 heterocycles. The summed E-state index contributed by atoms with van der Waals surface area (Å²) < 4.78 is 4.84. The van der Waals surface area contributed by atoms with Gasteiger partial charge in [0.1, 0.15) is 0 Å². The predicted molar refractivity (Wildman–Crippen MR) is 73.0 cm³/mol. The second kappa shape index (κ2) is 7.54. The summed E-state index contributed by atoms with van der Waals surface area (Å²) in [5.74, 6) is -0.302. The van der Waals surface area contributed by atoms with Gasteiger partial charge in [-0.25, -0.2) is 4.79 Å². The van der Waals surface area contributed by atoms with E-state index in [0.717, 1.165) is 12.1 Å². The number of carbonyl (C=O) groups is 1. The lowest BCUT2D eigenvalue weighted by molar-refractivity contribution is -0.137. The second-order valence-corrected chi connectivity index (χ2v) is 4.10. The Morgan fingerprint density at radius 1 is 1.22 bits per heavy atom. The van der Waals surface area contributed by atoms with Gasteiger partial charge in [-0.05, 0) is 31.4 Å². The average Bonchev–Trinajstić information content (AvgIpc) is 2.37. The van der Waals surface area contributed by atoms with Crippen molar-refractivity contribution in [1.82, 2.24) is 5.32 Å². The van der Waals surface area contributed by atoms with E-state index in [4.69, 9.17) is 4.74 Å². The van der Waals surface area contributed by atoms with Crippen LogP contribution in [0.15, 0.2) is 36.0 Å². The Kier molecular flexibility index (Phi) is 5.98. The summed E-state index contributed by atoms with van der Waals surface area (Å²) in [6.07, 6.45) is 2.53. The molecule has 1 rings (SSSR count). The van der Waals surface area contributed by atoms with Crippen LogP contribution < -0.4 is 5.32 Å². The van der Waals surface area contributed by atoms with Crippen molar-refractivity contribution in [1.29, 1.82) is 0 Å². The highest BCUT2D eigenvalue weighted by molar-refractivity contribution is 5.82. The molecule has 0 spiro atoms. The number of esters is 1. The summed E-state index contributed by atoms with van der Waals surface area (Å²) in [6, 6.07) is 8.45. The first-order valence-electron chi connectivity index (χ1n) is 6.32. The van der Waals surface area contributed by atoms with Gasteiger partial charge in [0.2, 0.25) is 0 Å². The van der Waals surface area contributed by atoms with Crippen molar-refractivity contribution in [3.63, 3.8) is 0 Å². The lowest BCUT2D eigenvalue weighted by Crippen LogP contribution is -2.13. The molecule has 98 valence electrons. The SMILES string of the molecule is CCOC(=O)C=C(C)NCc1ccc(CC)cc1. The van der Waals surface area contributed by atoms with Gasteiger partial charge in [-0.2, -0.15) is 0 Å². The zero-order valence-electron chi connectivity index (χ0n) is 11.3. The molecule has 0 saturated heterocycles. The normalized spacial score (nSPS) is 11.2. The minimum atomic E-state index is -0.302. The molecule has 0 aromatic heterocycles. The first-order valence-corrected chi connectivity index (χ1v) is 6.32. The Morgan fingerprint density at radius 2 is 1.83 bits per heavy atom. The smallest absolute Gasteiger partial charge is 0.332 e. The molecule has 0 aliphatic carbocycles. The molecule has 1 aromatic rings. The quantitative estimate of drug-likeness (QED) is 0.620. The summed E-state index contributed by atoms with van der Waals surface area (Å²) in [6.45, 7) is 6.91. The molecular weight excluding hydrogens is 226 g/mol. The topological polar surface area (TPSA) is 38.3 Å². The van der Waals surface area contributed by atoms with E-state index in [1.807, 2.05) is 6.92 Å². The largest absolute Gasteiger partial charge is 0.463 e. The predicted octanol–water partition coefficient (Wildman–Crippen LogP) is 2.81. The van der Waals surface area contributed by atoms with Crippen molar-refractivity contribution in [2.75, 3.05) is 6.61 Å². The number of allylic oxidation sites excluding steroid dienone is 1. The minimum Gasteiger partial charge on any atom is -0.463 e. The van der Waals surface area contributed by atoms with E-state index in [1.165, 1.54) is 17.2 Å². The van der Waals surface area contributed by atoms with Gasteiger partial charge in [0.05, 0.1) is 6.61 Å². The molecule has 1 aromatic carbocycles. The lowest BCUT2D eigenvalue weighted by Gasteiger charge is -2.07. The van der Waals surface area contributed by atoms with Gasteiger partial charge in [-0.15, -0.1) is 0 Å². The number of benzene rings is 1. The molecule has 1 N–H and O–H groups in total. The van der Waals surface area contributed by atoms with E-state index in [9.17, 15) is 4.79 Å². The fraction of sp³-hybridized carbons (Fsp3) is 0.400. The van der Waals surface area contributed by atoms with Gasteiger partial charge in [-0.3, -0.25) is 0 Å². The molecule has 0 fully saturated rings. The van der Waals surface area contributed by atoms with E-state index >= 15 is 0 Å². The third-order valence-corrected chi connectivity index (χ3v) is 2.62. The van der Waals surface area contributed by atoms with Gasteiger partial charge < -0.3 is 10.1 Å². The highest BCUT2D eigenvalue weighted by Crippen LogP contribution is 2.05. The van der Waals surface area contributed by atoms with E-state index in [1.54, 1.807) is 6.92 Å². The van der Waals surface area contributed by atoms with Crippen LogP contribution in [0.4, 0.5) is 0 Å². The van der Waals surface area contributed by atoms with Gasteiger partial charge >= 0.3 is 5.97 Å². The summed E-state index contributed by atoms with van der Waals surface area (Å²) >= 11 is 0. The van der Waals surface area contributed by atoms with Gasteiger partial charge in [0, 0.05) is 18.3 Å². The van der Waals surface area contributed by atoms with Crippen molar-refractivity contribution >= 4 is 5.97 Å². The van der Waals surface area contributed by atoms with Crippen LogP contribution >= 0.6 is 0 Å². The van der Waals surface area contributed by atoms with Crippen LogP contribution in [0, 0.1) is 0 Å². The maximum atomic E-state index is 11.2. The van der Waals surface area contributed by atoms with E-state index < -0.39 is 0 Å². The fourth-order valence-electron chi connectivity index (χ4n) is 1.55. The summed E-state index contributed by atoms with van der Waals surface area (Å²) in [4.78, 5) is 11.2. The minimum absolute atomic E-state index is 0.302. The number of nitrogens with one attached hydrogen (secondary N) is 1.